The van der Waals surface area contributed by atoms with Crippen molar-refractivity contribution >= 4 is 38.5 Å². The minimum absolute atomic E-state index is 0.0454. The first-order valence-corrected chi connectivity index (χ1v) is 7.77. The lowest BCUT2D eigenvalue weighted by Gasteiger charge is -2.08. The highest BCUT2D eigenvalue weighted by Gasteiger charge is 2.13. The van der Waals surface area contributed by atoms with Crippen molar-refractivity contribution in [3.63, 3.8) is 0 Å². The number of carbonyl (C=O) groups is 1. The summed E-state index contributed by atoms with van der Waals surface area (Å²) in [6.07, 6.45) is 3.64. The summed E-state index contributed by atoms with van der Waals surface area (Å²) < 4.78 is 5.33. The molecule has 24 heavy (non-hydrogen) atoms. The third-order valence-corrected chi connectivity index (χ3v) is 4.31. The molecule has 0 aliphatic heterocycles. The van der Waals surface area contributed by atoms with E-state index in [0.717, 1.165) is 43.9 Å². The van der Waals surface area contributed by atoms with Crippen LogP contribution in [0.4, 0.5) is 0 Å². The van der Waals surface area contributed by atoms with Crippen molar-refractivity contribution in [2.45, 2.75) is 13.5 Å². The molecular formula is C19H17N3O2. The SMILES string of the molecule is COc1ccc2c(c1)[nH]c1c3ccncc3cc(CNC(C)=O)c21. The van der Waals surface area contributed by atoms with Crippen LogP contribution >= 0.6 is 0 Å². The lowest BCUT2D eigenvalue weighted by molar-refractivity contribution is -0.119. The average molecular weight is 319 g/mol. The molecule has 4 aromatic rings. The molecule has 0 bridgehead atoms. The second-order valence-corrected chi connectivity index (χ2v) is 5.83. The van der Waals surface area contributed by atoms with Crippen LogP contribution in [0.15, 0.2) is 42.7 Å². The molecule has 0 spiro atoms. The number of rotatable bonds is 3. The number of nitrogens with one attached hydrogen (secondary N) is 2. The fourth-order valence-corrected chi connectivity index (χ4v) is 3.21. The number of ether oxygens (including phenoxy) is 1. The van der Waals surface area contributed by atoms with E-state index in [1.54, 1.807) is 13.3 Å². The number of aromatic nitrogens is 2. The van der Waals surface area contributed by atoms with Gasteiger partial charge in [-0.1, -0.05) is 0 Å². The second kappa shape index (κ2) is 5.53. The van der Waals surface area contributed by atoms with Crippen molar-refractivity contribution in [2.24, 2.45) is 0 Å². The topological polar surface area (TPSA) is 67.0 Å². The summed E-state index contributed by atoms with van der Waals surface area (Å²) in [5.74, 6) is 0.763. The number of benzene rings is 2. The van der Waals surface area contributed by atoms with Gasteiger partial charge in [-0.15, -0.1) is 0 Å². The molecule has 0 aliphatic carbocycles. The summed E-state index contributed by atoms with van der Waals surface area (Å²) in [4.78, 5) is 19.1. The number of hydrogen-bond donors (Lipinski definition) is 2. The fourth-order valence-electron chi connectivity index (χ4n) is 3.21. The minimum Gasteiger partial charge on any atom is -0.497 e. The zero-order valence-electron chi connectivity index (χ0n) is 13.5. The van der Waals surface area contributed by atoms with E-state index in [4.69, 9.17) is 4.74 Å². The van der Waals surface area contributed by atoms with Crippen LogP contribution in [0.5, 0.6) is 5.75 Å². The largest absolute Gasteiger partial charge is 0.497 e. The second-order valence-electron chi connectivity index (χ2n) is 5.83. The van der Waals surface area contributed by atoms with Crippen LogP contribution in [-0.2, 0) is 11.3 Å². The minimum atomic E-state index is -0.0454. The Morgan fingerprint density at radius 1 is 1.25 bits per heavy atom. The summed E-state index contributed by atoms with van der Waals surface area (Å²) in [5.41, 5.74) is 3.13. The van der Waals surface area contributed by atoms with E-state index >= 15 is 0 Å². The van der Waals surface area contributed by atoms with E-state index < -0.39 is 0 Å². The molecule has 1 amide bonds. The molecule has 0 unspecified atom stereocenters. The van der Waals surface area contributed by atoms with Crippen LogP contribution in [0.1, 0.15) is 12.5 Å². The molecule has 0 aliphatic rings. The number of nitrogens with zero attached hydrogens (tertiary/aromatic N) is 1. The molecule has 120 valence electrons. The predicted molar refractivity (Wildman–Crippen MR) is 95.2 cm³/mol. The summed E-state index contributed by atoms with van der Waals surface area (Å²) in [7, 11) is 1.66. The molecule has 0 radical (unpaired) electrons. The molecular weight excluding hydrogens is 302 g/mol. The highest BCUT2D eigenvalue weighted by molar-refractivity contribution is 6.18. The number of hydrogen-bond acceptors (Lipinski definition) is 3. The van der Waals surface area contributed by atoms with E-state index in [2.05, 4.69) is 27.4 Å². The molecule has 2 aromatic carbocycles. The van der Waals surface area contributed by atoms with Gasteiger partial charge in [0.2, 0.25) is 5.91 Å². The number of amides is 1. The molecule has 2 aromatic heterocycles. The monoisotopic (exact) mass is 319 g/mol. The predicted octanol–water partition coefficient (Wildman–Crippen LogP) is 3.51. The van der Waals surface area contributed by atoms with Crippen LogP contribution in [-0.4, -0.2) is 23.0 Å². The molecule has 2 heterocycles. The first-order valence-electron chi connectivity index (χ1n) is 7.77. The number of H-pyrrole nitrogens is 1. The number of pyridine rings is 1. The Labute approximate surface area is 138 Å². The van der Waals surface area contributed by atoms with Crippen LogP contribution in [0.25, 0.3) is 32.6 Å². The summed E-state index contributed by atoms with van der Waals surface area (Å²) in [5, 5.41) is 7.30. The van der Waals surface area contributed by atoms with Crippen molar-refractivity contribution in [2.75, 3.05) is 7.11 Å². The van der Waals surface area contributed by atoms with Gasteiger partial charge in [0, 0.05) is 53.5 Å². The van der Waals surface area contributed by atoms with Gasteiger partial charge >= 0.3 is 0 Å². The van der Waals surface area contributed by atoms with Crippen LogP contribution < -0.4 is 10.1 Å². The summed E-state index contributed by atoms with van der Waals surface area (Å²) in [6.45, 7) is 2.01. The van der Waals surface area contributed by atoms with Crippen LogP contribution in [0.3, 0.4) is 0 Å². The Balaban J connectivity index is 2.08. The maximum Gasteiger partial charge on any atom is 0.217 e. The van der Waals surface area contributed by atoms with Crippen molar-refractivity contribution in [1.82, 2.24) is 15.3 Å². The van der Waals surface area contributed by atoms with E-state index in [-0.39, 0.29) is 5.91 Å². The van der Waals surface area contributed by atoms with Gasteiger partial charge in [0.05, 0.1) is 18.1 Å². The van der Waals surface area contributed by atoms with E-state index in [0.29, 0.717) is 6.54 Å². The van der Waals surface area contributed by atoms with Crippen LogP contribution in [0, 0.1) is 0 Å². The molecule has 4 rings (SSSR count). The maximum absolute atomic E-state index is 11.4. The van der Waals surface area contributed by atoms with Crippen LogP contribution in [0.2, 0.25) is 0 Å². The Morgan fingerprint density at radius 3 is 2.92 bits per heavy atom. The van der Waals surface area contributed by atoms with Gasteiger partial charge < -0.3 is 15.0 Å². The van der Waals surface area contributed by atoms with Gasteiger partial charge in [-0.25, -0.2) is 0 Å². The summed E-state index contributed by atoms with van der Waals surface area (Å²) >= 11 is 0. The van der Waals surface area contributed by atoms with Gasteiger partial charge in [0.25, 0.3) is 0 Å². The lowest BCUT2D eigenvalue weighted by atomic mass is 10.0. The number of carbonyl (C=O) groups excluding carboxylic acids is 1. The van der Waals surface area contributed by atoms with Crippen molar-refractivity contribution in [3.05, 3.63) is 48.3 Å². The number of fused-ring (bicyclic) bond motifs is 5. The zero-order chi connectivity index (χ0) is 16.7. The molecule has 5 nitrogen and oxygen atoms in total. The van der Waals surface area contributed by atoms with Crippen molar-refractivity contribution in [3.8, 4) is 5.75 Å². The standard InChI is InChI=1S/C19H17N3O2/c1-11(23)21-10-13-7-12-9-20-6-5-15(12)19-18(13)16-4-3-14(24-2)8-17(16)22-19/h3-9,22H,10H2,1-2H3,(H,21,23). The van der Waals surface area contributed by atoms with E-state index in [1.807, 2.05) is 24.4 Å². The average Bonchev–Trinajstić information content (AvgIpc) is 2.98. The van der Waals surface area contributed by atoms with Gasteiger partial charge in [-0.2, -0.15) is 0 Å². The number of methoxy groups -OCH3 is 1. The van der Waals surface area contributed by atoms with E-state index in [1.165, 1.54) is 6.92 Å². The lowest BCUT2D eigenvalue weighted by Crippen LogP contribution is -2.19. The molecule has 0 atom stereocenters. The number of aromatic amines is 1. The molecule has 5 heteroatoms. The Bertz CT molecular complexity index is 1080. The van der Waals surface area contributed by atoms with Gasteiger partial charge in [-0.05, 0) is 29.8 Å². The van der Waals surface area contributed by atoms with Crippen molar-refractivity contribution in [1.29, 1.82) is 0 Å². The Morgan fingerprint density at radius 2 is 2.12 bits per heavy atom. The van der Waals surface area contributed by atoms with Gasteiger partial charge in [0.1, 0.15) is 5.75 Å². The molecule has 0 fully saturated rings. The Kier molecular flexibility index (Phi) is 3.34. The first-order chi connectivity index (χ1) is 11.7. The quantitative estimate of drug-likeness (QED) is 0.607. The third-order valence-electron chi connectivity index (χ3n) is 4.31. The smallest absolute Gasteiger partial charge is 0.217 e. The summed E-state index contributed by atoms with van der Waals surface area (Å²) in [6, 6.07) is 10.1. The molecule has 0 saturated heterocycles. The van der Waals surface area contributed by atoms with Gasteiger partial charge in [-0.3, -0.25) is 9.78 Å². The van der Waals surface area contributed by atoms with Crippen molar-refractivity contribution < 1.29 is 9.53 Å². The Hall–Kier alpha value is -3.08. The highest BCUT2D eigenvalue weighted by Crippen LogP contribution is 2.35. The third kappa shape index (κ3) is 2.25. The maximum atomic E-state index is 11.4. The molecule has 2 N–H and O–H groups in total. The van der Waals surface area contributed by atoms with E-state index in [9.17, 15) is 4.79 Å². The highest BCUT2D eigenvalue weighted by atomic mass is 16.5. The molecule has 0 saturated carbocycles. The zero-order valence-corrected chi connectivity index (χ0v) is 13.5. The first kappa shape index (κ1) is 14.5. The normalized spacial score (nSPS) is 11.2. The van der Waals surface area contributed by atoms with Gasteiger partial charge in [0.15, 0.2) is 0 Å². The fraction of sp³-hybridized carbons (Fsp3) is 0.158.